The molecule has 0 spiro atoms. The molecule has 0 aliphatic carbocycles. The van der Waals surface area contributed by atoms with Crippen LogP contribution in [-0.4, -0.2) is 31.0 Å². The molecule has 1 atom stereocenters. The number of Topliss-reactive ketones (excluding diaryl/α,β-unsaturated/α-hetero) is 1. The van der Waals surface area contributed by atoms with Crippen molar-refractivity contribution in [2.45, 2.75) is 19.4 Å². The van der Waals surface area contributed by atoms with Crippen LogP contribution in [0.15, 0.2) is 29.6 Å². The molecule has 9 heteroatoms. The van der Waals surface area contributed by atoms with Gasteiger partial charge in [-0.05, 0) is 36.4 Å². The van der Waals surface area contributed by atoms with Crippen LogP contribution in [0.4, 0.5) is 4.39 Å². The van der Waals surface area contributed by atoms with Crippen molar-refractivity contribution in [2.24, 2.45) is 0 Å². The number of hydrogen-bond acceptors (Lipinski definition) is 7. The van der Waals surface area contributed by atoms with Gasteiger partial charge in [0.25, 0.3) is 0 Å². The number of thiazole rings is 1. The Bertz CT molecular complexity index is 911. The highest BCUT2D eigenvalue weighted by Crippen LogP contribution is 2.21. The van der Waals surface area contributed by atoms with E-state index in [9.17, 15) is 14.4 Å². The SMILES string of the molecule is Cc1csc(C(C#N)C(=O)Cn2nnc(-c3ccc(F)cc3)n2)n1. The van der Waals surface area contributed by atoms with Gasteiger partial charge in [-0.25, -0.2) is 9.37 Å². The van der Waals surface area contributed by atoms with E-state index >= 15 is 0 Å². The first kappa shape index (κ1) is 15.9. The van der Waals surface area contributed by atoms with Gasteiger partial charge >= 0.3 is 0 Å². The third-order valence-corrected chi connectivity index (χ3v) is 4.21. The molecule has 0 saturated carbocycles. The van der Waals surface area contributed by atoms with Crippen LogP contribution in [-0.2, 0) is 11.3 Å². The van der Waals surface area contributed by atoms with E-state index in [1.165, 1.54) is 35.6 Å². The average molecular weight is 342 g/mol. The van der Waals surface area contributed by atoms with Gasteiger partial charge in [-0.2, -0.15) is 10.1 Å². The summed E-state index contributed by atoms with van der Waals surface area (Å²) in [4.78, 5) is 17.6. The number of aromatic nitrogens is 5. The number of tetrazole rings is 1. The standard InChI is InChI=1S/C15H11FN6OS/c1-9-8-24-15(18-9)12(6-17)13(23)7-22-20-14(19-21-22)10-2-4-11(16)5-3-10/h2-5,8,12H,7H2,1H3. The molecule has 24 heavy (non-hydrogen) atoms. The van der Waals surface area contributed by atoms with E-state index in [2.05, 4.69) is 20.4 Å². The Labute approximate surface area is 140 Å². The van der Waals surface area contributed by atoms with Crippen molar-refractivity contribution in [3.63, 3.8) is 0 Å². The molecule has 0 fully saturated rings. The quantitative estimate of drug-likeness (QED) is 0.704. The maximum atomic E-state index is 12.9. The van der Waals surface area contributed by atoms with Gasteiger partial charge in [0, 0.05) is 16.6 Å². The lowest BCUT2D eigenvalue weighted by atomic mass is 10.1. The second-order valence-electron chi connectivity index (χ2n) is 5.01. The summed E-state index contributed by atoms with van der Waals surface area (Å²) in [7, 11) is 0. The summed E-state index contributed by atoms with van der Waals surface area (Å²) in [6.07, 6.45) is 0. The van der Waals surface area contributed by atoms with Crippen molar-refractivity contribution in [3.05, 3.63) is 46.2 Å². The zero-order valence-electron chi connectivity index (χ0n) is 12.5. The molecule has 1 unspecified atom stereocenters. The molecule has 2 heterocycles. The zero-order chi connectivity index (χ0) is 17.1. The second-order valence-corrected chi connectivity index (χ2v) is 5.90. The zero-order valence-corrected chi connectivity index (χ0v) is 13.4. The summed E-state index contributed by atoms with van der Waals surface area (Å²) in [6.45, 7) is 1.61. The smallest absolute Gasteiger partial charge is 0.204 e. The fourth-order valence-electron chi connectivity index (χ4n) is 2.03. The first-order valence-corrected chi connectivity index (χ1v) is 7.83. The van der Waals surface area contributed by atoms with E-state index in [1.807, 2.05) is 6.07 Å². The van der Waals surface area contributed by atoms with Gasteiger partial charge in [0.1, 0.15) is 17.4 Å². The number of carbonyl (C=O) groups excluding carboxylic acids is 1. The highest BCUT2D eigenvalue weighted by atomic mass is 32.1. The van der Waals surface area contributed by atoms with Crippen LogP contribution in [0.5, 0.6) is 0 Å². The van der Waals surface area contributed by atoms with E-state index in [-0.39, 0.29) is 24.0 Å². The maximum Gasteiger partial charge on any atom is 0.204 e. The molecule has 0 amide bonds. The third-order valence-electron chi connectivity index (χ3n) is 3.19. The molecule has 3 rings (SSSR count). The summed E-state index contributed by atoms with van der Waals surface area (Å²) in [5, 5.41) is 23.2. The van der Waals surface area contributed by atoms with Crippen LogP contribution in [0.1, 0.15) is 16.6 Å². The summed E-state index contributed by atoms with van der Waals surface area (Å²) >= 11 is 1.27. The lowest BCUT2D eigenvalue weighted by Gasteiger charge is -2.03. The number of aryl methyl sites for hydroxylation is 1. The monoisotopic (exact) mass is 342 g/mol. The van der Waals surface area contributed by atoms with Gasteiger partial charge in [0.15, 0.2) is 11.7 Å². The number of ketones is 1. The lowest BCUT2D eigenvalue weighted by Crippen LogP contribution is -2.19. The van der Waals surface area contributed by atoms with Crippen LogP contribution >= 0.6 is 11.3 Å². The Hall–Kier alpha value is -2.99. The topological polar surface area (TPSA) is 97.3 Å². The number of carbonyl (C=O) groups is 1. The average Bonchev–Trinajstić information content (AvgIpc) is 3.18. The third kappa shape index (κ3) is 3.33. The Kier molecular flexibility index (Phi) is 4.39. The fourth-order valence-corrected chi connectivity index (χ4v) is 2.89. The van der Waals surface area contributed by atoms with Gasteiger partial charge in [0.05, 0.1) is 6.07 Å². The second kappa shape index (κ2) is 6.64. The van der Waals surface area contributed by atoms with Gasteiger partial charge in [-0.15, -0.1) is 21.5 Å². The van der Waals surface area contributed by atoms with E-state index in [4.69, 9.17) is 0 Å². The fraction of sp³-hybridized carbons (Fsp3) is 0.200. The molecule has 0 bridgehead atoms. The summed E-state index contributed by atoms with van der Waals surface area (Å²) < 4.78 is 12.9. The molecule has 3 aromatic rings. The number of hydrogen-bond donors (Lipinski definition) is 0. The van der Waals surface area contributed by atoms with Crippen molar-refractivity contribution in [3.8, 4) is 17.5 Å². The van der Waals surface area contributed by atoms with Crippen LogP contribution in [0.3, 0.4) is 0 Å². The molecule has 7 nitrogen and oxygen atoms in total. The minimum Gasteiger partial charge on any atom is -0.296 e. The number of halogens is 1. The highest BCUT2D eigenvalue weighted by molar-refractivity contribution is 7.09. The summed E-state index contributed by atoms with van der Waals surface area (Å²) in [5.41, 5.74) is 1.35. The number of rotatable bonds is 5. The van der Waals surface area contributed by atoms with Gasteiger partial charge < -0.3 is 0 Å². The van der Waals surface area contributed by atoms with Crippen LogP contribution in [0.25, 0.3) is 11.4 Å². The van der Waals surface area contributed by atoms with Gasteiger partial charge in [0.2, 0.25) is 5.82 Å². The van der Waals surface area contributed by atoms with Crippen molar-refractivity contribution in [2.75, 3.05) is 0 Å². The molecule has 0 aliphatic heterocycles. The predicted molar refractivity (Wildman–Crippen MR) is 83.4 cm³/mol. The summed E-state index contributed by atoms with van der Waals surface area (Å²) in [6, 6.07) is 7.59. The maximum absolute atomic E-state index is 12.9. The van der Waals surface area contributed by atoms with Crippen molar-refractivity contribution >= 4 is 17.1 Å². The van der Waals surface area contributed by atoms with Gasteiger partial charge in [-0.1, -0.05) is 0 Å². The van der Waals surface area contributed by atoms with Gasteiger partial charge in [-0.3, -0.25) is 4.79 Å². The van der Waals surface area contributed by atoms with Crippen molar-refractivity contribution in [1.82, 2.24) is 25.2 Å². The molecular formula is C15H11FN6OS. The molecule has 0 aliphatic rings. The molecule has 2 aromatic heterocycles. The Morgan fingerprint density at radius 1 is 1.42 bits per heavy atom. The molecule has 120 valence electrons. The van der Waals surface area contributed by atoms with Crippen LogP contribution in [0.2, 0.25) is 0 Å². The number of nitriles is 1. The first-order chi connectivity index (χ1) is 11.6. The Balaban J connectivity index is 1.75. The minimum atomic E-state index is -0.955. The highest BCUT2D eigenvalue weighted by Gasteiger charge is 2.24. The van der Waals surface area contributed by atoms with E-state index in [1.54, 1.807) is 12.3 Å². The summed E-state index contributed by atoms with van der Waals surface area (Å²) in [5.74, 6) is -1.41. The van der Waals surface area contributed by atoms with E-state index in [0.717, 1.165) is 10.5 Å². The minimum absolute atomic E-state index is 0.189. The molecular weight excluding hydrogens is 331 g/mol. The predicted octanol–water partition coefficient (Wildman–Crippen LogP) is 2.12. The van der Waals surface area contributed by atoms with Crippen molar-refractivity contribution in [1.29, 1.82) is 5.26 Å². The van der Waals surface area contributed by atoms with Crippen LogP contribution < -0.4 is 0 Å². The first-order valence-electron chi connectivity index (χ1n) is 6.95. The number of benzene rings is 1. The Morgan fingerprint density at radius 2 is 2.17 bits per heavy atom. The molecule has 0 N–H and O–H groups in total. The van der Waals surface area contributed by atoms with Crippen molar-refractivity contribution < 1.29 is 9.18 Å². The lowest BCUT2D eigenvalue weighted by molar-refractivity contribution is -0.120. The molecule has 0 radical (unpaired) electrons. The molecule has 1 aromatic carbocycles. The Morgan fingerprint density at radius 3 is 2.79 bits per heavy atom. The van der Waals surface area contributed by atoms with E-state index in [0.29, 0.717) is 10.6 Å². The largest absolute Gasteiger partial charge is 0.296 e. The molecule has 0 saturated heterocycles. The number of nitrogens with zero attached hydrogens (tertiary/aromatic N) is 6. The van der Waals surface area contributed by atoms with Crippen LogP contribution in [0, 0.1) is 24.1 Å². The normalized spacial score (nSPS) is 11.9. The van der Waals surface area contributed by atoms with E-state index < -0.39 is 5.92 Å².